The van der Waals surface area contributed by atoms with Crippen molar-refractivity contribution in [3.05, 3.63) is 52.7 Å². The van der Waals surface area contributed by atoms with Gasteiger partial charge in [0.25, 0.3) is 5.91 Å². The van der Waals surface area contributed by atoms with Gasteiger partial charge in [0.05, 0.1) is 23.2 Å². The van der Waals surface area contributed by atoms with Gasteiger partial charge in [-0.3, -0.25) is 9.89 Å². The van der Waals surface area contributed by atoms with Crippen LogP contribution in [0.1, 0.15) is 66.4 Å². The van der Waals surface area contributed by atoms with Crippen molar-refractivity contribution in [1.29, 1.82) is 0 Å². The average molecular weight is 513 g/mol. The van der Waals surface area contributed by atoms with Gasteiger partial charge in [-0.1, -0.05) is 6.08 Å². The minimum atomic E-state index is -4.29. The van der Waals surface area contributed by atoms with E-state index >= 15 is 0 Å². The van der Waals surface area contributed by atoms with Crippen LogP contribution >= 0.6 is 0 Å². The summed E-state index contributed by atoms with van der Waals surface area (Å²) in [5, 5.41) is 19.5. The number of halogens is 3. The predicted octanol–water partition coefficient (Wildman–Crippen LogP) is 5.69. The number of allylic oxidation sites excluding steroid dienone is 2. The van der Waals surface area contributed by atoms with E-state index in [0.29, 0.717) is 50.8 Å². The van der Waals surface area contributed by atoms with E-state index in [2.05, 4.69) is 15.2 Å². The van der Waals surface area contributed by atoms with Crippen molar-refractivity contribution in [3.8, 4) is 11.4 Å². The minimum absolute atomic E-state index is 0.0322. The predicted molar refractivity (Wildman–Crippen MR) is 134 cm³/mol. The maximum atomic E-state index is 13.4. The zero-order valence-electron chi connectivity index (χ0n) is 20.6. The molecule has 0 saturated carbocycles. The van der Waals surface area contributed by atoms with Gasteiger partial charge < -0.3 is 15.0 Å². The first-order valence-corrected chi connectivity index (χ1v) is 13.2. The Balaban J connectivity index is 1.14. The summed E-state index contributed by atoms with van der Waals surface area (Å²) in [6.07, 6.45) is 3.88. The Kier molecular flexibility index (Phi) is 5.93. The Morgan fingerprint density at radius 3 is 2.78 bits per heavy atom. The number of aromatic nitrogens is 3. The summed E-state index contributed by atoms with van der Waals surface area (Å²) < 4.78 is 39.4. The zero-order chi connectivity index (χ0) is 25.8. The number of amides is 1. The number of hydrogen-bond acceptors (Lipinski definition) is 3. The maximum absolute atomic E-state index is 13.4. The van der Waals surface area contributed by atoms with Crippen LogP contribution in [0, 0.1) is 5.92 Å². The SMILES string of the molecule is O=C(c1ccc2[nH]c3c(c2c1)CCCc1cn[nH]c1-3)N1CCC(O)(CC2CCC=C(C(F)(F)F)C2)CC1. The van der Waals surface area contributed by atoms with Crippen LogP contribution in [0.4, 0.5) is 13.2 Å². The van der Waals surface area contributed by atoms with E-state index < -0.39 is 17.4 Å². The molecule has 2 aromatic heterocycles. The molecule has 37 heavy (non-hydrogen) atoms. The van der Waals surface area contributed by atoms with Crippen LogP contribution in [0.3, 0.4) is 0 Å². The standard InChI is InChI=1S/C28H31F3N4O2/c29-28(30,31)20-5-1-3-17(13-20)15-27(37)9-11-35(12-10-27)26(36)18-7-8-23-22(14-18)21-6-2-4-19-16-32-34-24(19)25(21)33-23/h5,7-8,14,16-17,33,37H,1-4,6,9-13,15H2,(H,32,34). The lowest BCUT2D eigenvalue weighted by molar-refractivity contribution is -0.0988. The summed E-state index contributed by atoms with van der Waals surface area (Å²) in [7, 11) is 0. The first-order chi connectivity index (χ1) is 17.7. The molecular weight excluding hydrogens is 481 g/mol. The average Bonchev–Trinajstić information content (AvgIpc) is 3.44. The second-order valence-electron chi connectivity index (χ2n) is 11.0. The number of aliphatic hydroxyl groups is 1. The van der Waals surface area contributed by atoms with Crippen molar-refractivity contribution in [2.24, 2.45) is 5.92 Å². The molecular formula is C28H31F3N4O2. The first-order valence-electron chi connectivity index (χ1n) is 13.2. The molecule has 1 fully saturated rings. The summed E-state index contributed by atoms with van der Waals surface area (Å²) in [5.41, 5.74) is 4.54. The number of nitrogens with one attached hydrogen (secondary N) is 2. The van der Waals surface area contributed by atoms with E-state index in [-0.39, 0.29) is 18.2 Å². The number of alkyl halides is 3. The Morgan fingerprint density at radius 1 is 1.19 bits per heavy atom. The number of carbonyl (C=O) groups excluding carboxylic acids is 1. The number of hydrogen-bond donors (Lipinski definition) is 3. The molecule has 6 nitrogen and oxygen atoms in total. The second kappa shape index (κ2) is 9.04. The van der Waals surface area contributed by atoms with Crippen LogP contribution in [0.5, 0.6) is 0 Å². The van der Waals surface area contributed by atoms with Crippen molar-refractivity contribution < 1.29 is 23.1 Å². The van der Waals surface area contributed by atoms with Crippen molar-refractivity contribution in [2.75, 3.05) is 13.1 Å². The van der Waals surface area contributed by atoms with E-state index in [0.717, 1.165) is 41.6 Å². The zero-order valence-corrected chi connectivity index (χ0v) is 20.6. The molecule has 2 aliphatic carbocycles. The molecule has 3 N–H and O–H groups in total. The highest BCUT2D eigenvalue weighted by molar-refractivity contribution is 6.00. The summed E-state index contributed by atoms with van der Waals surface area (Å²) >= 11 is 0. The lowest BCUT2D eigenvalue weighted by Crippen LogP contribution is -2.47. The van der Waals surface area contributed by atoms with Crippen LogP contribution in [-0.4, -0.2) is 56.0 Å². The summed E-state index contributed by atoms with van der Waals surface area (Å²) in [6, 6.07) is 5.74. The number of likely N-dealkylation sites (tertiary alicyclic amines) is 1. The number of aryl methyl sites for hydroxylation is 2. The van der Waals surface area contributed by atoms with Crippen LogP contribution in [0.15, 0.2) is 36.0 Å². The van der Waals surface area contributed by atoms with Gasteiger partial charge in [0.15, 0.2) is 0 Å². The van der Waals surface area contributed by atoms with Crippen LogP contribution in [-0.2, 0) is 12.8 Å². The molecule has 0 bridgehead atoms. The molecule has 3 aliphatic rings. The van der Waals surface area contributed by atoms with Crippen LogP contribution in [0.25, 0.3) is 22.3 Å². The van der Waals surface area contributed by atoms with Crippen molar-refractivity contribution in [3.63, 3.8) is 0 Å². The highest BCUT2D eigenvalue weighted by Crippen LogP contribution is 2.41. The van der Waals surface area contributed by atoms with Gasteiger partial charge in [-0.05, 0) is 93.0 Å². The molecule has 1 aliphatic heterocycles. The van der Waals surface area contributed by atoms with E-state index in [1.54, 1.807) is 4.90 Å². The number of fused-ring (bicyclic) bond motifs is 5. The number of H-pyrrole nitrogens is 2. The number of benzene rings is 1. The number of aromatic amines is 2. The van der Waals surface area contributed by atoms with Gasteiger partial charge in [-0.15, -0.1) is 0 Å². The Bertz CT molecular complexity index is 1360. The van der Waals surface area contributed by atoms with Crippen molar-refractivity contribution in [2.45, 2.75) is 69.6 Å². The van der Waals surface area contributed by atoms with E-state index in [9.17, 15) is 23.1 Å². The lowest BCUT2D eigenvalue weighted by Gasteiger charge is -2.40. The molecule has 1 unspecified atom stereocenters. The highest BCUT2D eigenvalue weighted by atomic mass is 19.4. The number of nitrogens with zero attached hydrogens (tertiary/aromatic N) is 2. The Labute approximate surface area is 212 Å². The normalized spacial score (nSPS) is 21.8. The number of piperidine rings is 1. The molecule has 3 aromatic rings. The molecule has 1 atom stereocenters. The number of carbonyl (C=O) groups is 1. The highest BCUT2D eigenvalue weighted by Gasteiger charge is 2.40. The van der Waals surface area contributed by atoms with E-state index in [1.807, 2.05) is 24.4 Å². The monoisotopic (exact) mass is 512 g/mol. The smallest absolute Gasteiger partial charge is 0.390 e. The quantitative estimate of drug-likeness (QED) is 0.394. The molecule has 196 valence electrons. The fourth-order valence-electron chi connectivity index (χ4n) is 6.47. The second-order valence-corrected chi connectivity index (χ2v) is 11.0. The third kappa shape index (κ3) is 4.58. The molecule has 1 amide bonds. The van der Waals surface area contributed by atoms with Crippen molar-refractivity contribution >= 4 is 16.8 Å². The van der Waals surface area contributed by atoms with Gasteiger partial charge in [0, 0.05) is 35.1 Å². The fraction of sp³-hybridized carbons (Fsp3) is 0.500. The topological polar surface area (TPSA) is 85.0 Å². The molecule has 3 heterocycles. The molecule has 6 rings (SSSR count). The maximum Gasteiger partial charge on any atom is 0.412 e. The fourth-order valence-corrected chi connectivity index (χ4v) is 6.47. The Morgan fingerprint density at radius 2 is 2.00 bits per heavy atom. The van der Waals surface area contributed by atoms with Gasteiger partial charge in [0.2, 0.25) is 0 Å². The molecule has 1 aromatic carbocycles. The molecule has 0 radical (unpaired) electrons. The van der Waals surface area contributed by atoms with E-state index in [1.165, 1.54) is 17.2 Å². The van der Waals surface area contributed by atoms with Gasteiger partial charge in [-0.25, -0.2) is 0 Å². The largest absolute Gasteiger partial charge is 0.412 e. The van der Waals surface area contributed by atoms with Gasteiger partial charge in [0.1, 0.15) is 0 Å². The summed E-state index contributed by atoms with van der Waals surface area (Å²) in [6.45, 7) is 0.787. The summed E-state index contributed by atoms with van der Waals surface area (Å²) in [4.78, 5) is 18.7. The lowest BCUT2D eigenvalue weighted by atomic mass is 9.77. The van der Waals surface area contributed by atoms with E-state index in [4.69, 9.17) is 0 Å². The molecule has 1 saturated heterocycles. The van der Waals surface area contributed by atoms with Gasteiger partial charge in [-0.2, -0.15) is 18.3 Å². The minimum Gasteiger partial charge on any atom is -0.390 e. The van der Waals surface area contributed by atoms with Crippen LogP contribution in [0.2, 0.25) is 0 Å². The van der Waals surface area contributed by atoms with Gasteiger partial charge >= 0.3 is 6.18 Å². The molecule has 9 heteroatoms. The summed E-state index contributed by atoms with van der Waals surface area (Å²) in [5.74, 6) is -0.259. The third-order valence-electron chi connectivity index (χ3n) is 8.48. The molecule has 0 spiro atoms. The van der Waals surface area contributed by atoms with Crippen LogP contribution < -0.4 is 0 Å². The third-order valence-corrected chi connectivity index (χ3v) is 8.48. The number of rotatable bonds is 3. The Hall–Kier alpha value is -3.07. The van der Waals surface area contributed by atoms with Crippen molar-refractivity contribution in [1.82, 2.24) is 20.1 Å². The first kappa shape index (κ1) is 24.3.